The van der Waals surface area contributed by atoms with Crippen molar-refractivity contribution in [3.8, 4) is 5.75 Å². The molecule has 0 aliphatic heterocycles. The van der Waals surface area contributed by atoms with Crippen LogP contribution < -0.4 is 10.3 Å². The molecule has 0 radical (unpaired) electrons. The van der Waals surface area contributed by atoms with Gasteiger partial charge in [0.2, 0.25) is 0 Å². The third kappa shape index (κ3) is 4.93. The summed E-state index contributed by atoms with van der Waals surface area (Å²) in [4.78, 5) is 18.8. The van der Waals surface area contributed by atoms with E-state index in [1.807, 2.05) is 12.1 Å². The Kier molecular flexibility index (Phi) is 5.87. The second kappa shape index (κ2) is 7.88. The highest BCUT2D eigenvalue weighted by molar-refractivity contribution is 7.99. The van der Waals surface area contributed by atoms with Crippen LogP contribution >= 0.6 is 11.8 Å². The number of hydrogen-bond donors (Lipinski definition) is 1. The topological polar surface area (TPSA) is 55.0 Å². The van der Waals surface area contributed by atoms with Gasteiger partial charge in [-0.15, -0.1) is 0 Å². The van der Waals surface area contributed by atoms with Gasteiger partial charge in [-0.2, -0.15) is 0 Å². The molecule has 1 aromatic heterocycles. The molecule has 1 aromatic carbocycles. The highest BCUT2D eigenvalue weighted by Crippen LogP contribution is 2.16. The zero-order chi connectivity index (χ0) is 15.1. The lowest BCUT2D eigenvalue weighted by molar-refractivity contribution is 0.414. The molecule has 1 heterocycles. The van der Waals surface area contributed by atoms with Gasteiger partial charge >= 0.3 is 0 Å². The van der Waals surface area contributed by atoms with Crippen LogP contribution in [0.2, 0.25) is 0 Å². The van der Waals surface area contributed by atoms with Crippen molar-refractivity contribution in [3.63, 3.8) is 0 Å². The highest BCUT2D eigenvalue weighted by Gasteiger charge is 2.02. The molecule has 21 heavy (non-hydrogen) atoms. The van der Waals surface area contributed by atoms with Crippen LogP contribution in [0.4, 0.5) is 0 Å². The van der Waals surface area contributed by atoms with Crippen molar-refractivity contribution < 1.29 is 4.74 Å². The fourth-order valence-corrected chi connectivity index (χ4v) is 2.88. The molecular formula is C16H20N2O2S. The number of rotatable bonds is 7. The second-order valence-corrected chi connectivity index (χ2v) is 5.82. The SMILES string of the molecule is CCCc1cc(=O)[nH]c(SCCc2ccc(OC)cc2)n1. The van der Waals surface area contributed by atoms with E-state index in [1.165, 1.54) is 5.56 Å². The number of aromatic nitrogens is 2. The smallest absolute Gasteiger partial charge is 0.251 e. The minimum Gasteiger partial charge on any atom is -0.497 e. The lowest BCUT2D eigenvalue weighted by Gasteiger charge is -2.05. The Hall–Kier alpha value is -1.75. The zero-order valence-electron chi connectivity index (χ0n) is 12.4. The van der Waals surface area contributed by atoms with Crippen molar-refractivity contribution in [1.82, 2.24) is 9.97 Å². The van der Waals surface area contributed by atoms with Gasteiger partial charge in [0, 0.05) is 17.5 Å². The van der Waals surface area contributed by atoms with E-state index >= 15 is 0 Å². The summed E-state index contributed by atoms with van der Waals surface area (Å²) in [6.07, 6.45) is 2.76. The van der Waals surface area contributed by atoms with Crippen molar-refractivity contribution in [2.24, 2.45) is 0 Å². The van der Waals surface area contributed by atoms with E-state index in [0.29, 0.717) is 5.16 Å². The number of thioether (sulfide) groups is 1. The Morgan fingerprint density at radius 2 is 2.00 bits per heavy atom. The number of methoxy groups -OCH3 is 1. The van der Waals surface area contributed by atoms with Gasteiger partial charge in [0.15, 0.2) is 5.16 Å². The van der Waals surface area contributed by atoms with Crippen LogP contribution in [0.25, 0.3) is 0 Å². The zero-order valence-corrected chi connectivity index (χ0v) is 13.2. The Labute approximate surface area is 129 Å². The first-order valence-electron chi connectivity index (χ1n) is 7.07. The molecule has 0 spiro atoms. The van der Waals surface area contributed by atoms with E-state index in [2.05, 4.69) is 29.0 Å². The summed E-state index contributed by atoms with van der Waals surface area (Å²) in [5.74, 6) is 1.75. The van der Waals surface area contributed by atoms with Crippen LogP contribution in [0.5, 0.6) is 5.75 Å². The molecular weight excluding hydrogens is 284 g/mol. The van der Waals surface area contributed by atoms with Gasteiger partial charge in [-0.1, -0.05) is 37.2 Å². The predicted octanol–water partition coefficient (Wildman–Crippen LogP) is 3.07. The van der Waals surface area contributed by atoms with E-state index in [-0.39, 0.29) is 5.56 Å². The van der Waals surface area contributed by atoms with Crippen molar-refractivity contribution in [2.75, 3.05) is 12.9 Å². The Balaban J connectivity index is 1.91. The first-order valence-corrected chi connectivity index (χ1v) is 8.06. The Morgan fingerprint density at radius 1 is 1.24 bits per heavy atom. The molecule has 0 bridgehead atoms. The summed E-state index contributed by atoms with van der Waals surface area (Å²) in [6.45, 7) is 2.08. The molecule has 0 aliphatic carbocycles. The number of aryl methyl sites for hydroxylation is 2. The van der Waals surface area contributed by atoms with Gasteiger partial charge in [-0.05, 0) is 30.5 Å². The third-order valence-corrected chi connectivity index (χ3v) is 3.94. The quantitative estimate of drug-likeness (QED) is 0.631. The fourth-order valence-electron chi connectivity index (χ4n) is 1.99. The summed E-state index contributed by atoms with van der Waals surface area (Å²) in [5.41, 5.74) is 2.05. The number of benzene rings is 1. The molecule has 2 aromatic rings. The number of aromatic amines is 1. The van der Waals surface area contributed by atoms with Crippen molar-refractivity contribution in [3.05, 3.63) is 51.9 Å². The maximum absolute atomic E-state index is 11.6. The molecule has 0 saturated carbocycles. The standard InChI is InChI=1S/C16H20N2O2S/c1-3-4-13-11-15(19)18-16(17-13)21-10-9-12-5-7-14(20-2)8-6-12/h5-8,11H,3-4,9-10H2,1-2H3,(H,17,18,19). The van der Waals surface area contributed by atoms with Gasteiger partial charge in [-0.25, -0.2) is 4.98 Å². The first-order chi connectivity index (χ1) is 10.2. The van der Waals surface area contributed by atoms with Gasteiger partial charge in [0.1, 0.15) is 5.75 Å². The van der Waals surface area contributed by atoms with Crippen LogP contribution in [0.15, 0.2) is 40.3 Å². The summed E-state index contributed by atoms with van der Waals surface area (Å²) >= 11 is 1.58. The average molecular weight is 304 g/mol. The monoisotopic (exact) mass is 304 g/mol. The number of H-pyrrole nitrogens is 1. The van der Waals surface area contributed by atoms with Crippen LogP contribution in [-0.4, -0.2) is 22.8 Å². The lowest BCUT2D eigenvalue weighted by Crippen LogP contribution is -2.10. The summed E-state index contributed by atoms with van der Waals surface area (Å²) in [7, 11) is 1.66. The van der Waals surface area contributed by atoms with Crippen molar-refractivity contribution in [2.45, 2.75) is 31.3 Å². The van der Waals surface area contributed by atoms with Crippen LogP contribution in [0, 0.1) is 0 Å². The fraction of sp³-hybridized carbons (Fsp3) is 0.375. The normalized spacial score (nSPS) is 10.6. The van der Waals surface area contributed by atoms with Gasteiger partial charge in [0.05, 0.1) is 7.11 Å². The van der Waals surface area contributed by atoms with Crippen LogP contribution in [0.3, 0.4) is 0 Å². The van der Waals surface area contributed by atoms with Crippen LogP contribution in [0.1, 0.15) is 24.6 Å². The molecule has 0 atom stereocenters. The van der Waals surface area contributed by atoms with Gasteiger partial charge in [-0.3, -0.25) is 4.79 Å². The van der Waals surface area contributed by atoms with Crippen molar-refractivity contribution >= 4 is 11.8 Å². The molecule has 0 aliphatic rings. The van der Waals surface area contributed by atoms with E-state index in [0.717, 1.165) is 36.5 Å². The molecule has 5 heteroatoms. The third-order valence-electron chi connectivity index (χ3n) is 3.07. The molecule has 0 fully saturated rings. The van der Waals surface area contributed by atoms with E-state index < -0.39 is 0 Å². The predicted molar refractivity (Wildman–Crippen MR) is 86.3 cm³/mol. The Bertz CT molecular complexity index is 623. The van der Waals surface area contributed by atoms with Gasteiger partial charge in [0.25, 0.3) is 5.56 Å². The minimum atomic E-state index is -0.0691. The second-order valence-electron chi connectivity index (χ2n) is 4.74. The van der Waals surface area contributed by atoms with E-state index in [9.17, 15) is 4.79 Å². The molecule has 2 rings (SSSR count). The lowest BCUT2D eigenvalue weighted by atomic mass is 10.2. The number of nitrogens with zero attached hydrogens (tertiary/aromatic N) is 1. The summed E-state index contributed by atoms with van der Waals surface area (Å²) in [6, 6.07) is 9.62. The largest absolute Gasteiger partial charge is 0.497 e. The van der Waals surface area contributed by atoms with E-state index in [1.54, 1.807) is 24.9 Å². The van der Waals surface area contributed by atoms with E-state index in [4.69, 9.17) is 4.74 Å². The number of ether oxygens (including phenoxy) is 1. The molecule has 0 saturated heterocycles. The van der Waals surface area contributed by atoms with Crippen LogP contribution in [-0.2, 0) is 12.8 Å². The van der Waals surface area contributed by atoms with Crippen molar-refractivity contribution in [1.29, 1.82) is 0 Å². The number of nitrogens with one attached hydrogen (secondary N) is 1. The summed E-state index contributed by atoms with van der Waals surface area (Å²) < 4.78 is 5.14. The molecule has 112 valence electrons. The van der Waals surface area contributed by atoms with Gasteiger partial charge < -0.3 is 9.72 Å². The number of hydrogen-bond acceptors (Lipinski definition) is 4. The Morgan fingerprint density at radius 3 is 2.67 bits per heavy atom. The molecule has 0 amide bonds. The summed E-state index contributed by atoms with van der Waals surface area (Å²) in [5, 5.41) is 0.708. The average Bonchev–Trinajstić information content (AvgIpc) is 2.48. The molecule has 4 nitrogen and oxygen atoms in total. The minimum absolute atomic E-state index is 0.0691. The maximum Gasteiger partial charge on any atom is 0.251 e. The molecule has 0 unspecified atom stereocenters. The molecule has 1 N–H and O–H groups in total. The first kappa shape index (κ1) is 15.6. The highest BCUT2D eigenvalue weighted by atomic mass is 32.2. The maximum atomic E-state index is 11.6.